The molecule has 0 aliphatic carbocycles. The van der Waals surface area contributed by atoms with E-state index in [4.69, 9.17) is 0 Å². The second-order valence-corrected chi connectivity index (χ2v) is 4.37. The molecule has 2 rings (SSSR count). The first kappa shape index (κ1) is 11.1. The van der Waals surface area contributed by atoms with Gasteiger partial charge in [0.25, 0.3) is 0 Å². The van der Waals surface area contributed by atoms with Crippen LogP contribution in [0.4, 0.5) is 0 Å². The minimum absolute atomic E-state index is 1.20. The van der Waals surface area contributed by atoms with Gasteiger partial charge in [0.2, 0.25) is 0 Å². The van der Waals surface area contributed by atoms with Crippen LogP contribution in [-0.2, 0) is 6.42 Å². The number of hydrogen-bond acceptors (Lipinski definition) is 1. The van der Waals surface area contributed by atoms with Gasteiger partial charge in [-0.15, -0.1) is 0 Å². The predicted octanol–water partition coefficient (Wildman–Crippen LogP) is 4.36. The van der Waals surface area contributed by atoms with E-state index in [9.17, 15) is 0 Å². The second-order valence-electron chi connectivity index (χ2n) is 4.37. The van der Waals surface area contributed by atoms with E-state index in [2.05, 4.69) is 36.2 Å². The van der Waals surface area contributed by atoms with Gasteiger partial charge in [0.1, 0.15) is 0 Å². The van der Waals surface area contributed by atoms with E-state index in [0.717, 1.165) is 0 Å². The lowest BCUT2D eigenvalue weighted by Crippen LogP contribution is -1.86. The van der Waals surface area contributed by atoms with Crippen molar-refractivity contribution in [3.8, 4) is 0 Å². The number of pyridine rings is 1. The van der Waals surface area contributed by atoms with E-state index >= 15 is 0 Å². The average Bonchev–Trinajstić information content (AvgIpc) is 2.34. The molecule has 0 bridgehead atoms. The zero-order valence-corrected chi connectivity index (χ0v) is 9.95. The van der Waals surface area contributed by atoms with Gasteiger partial charge in [0, 0.05) is 17.8 Å². The van der Waals surface area contributed by atoms with Crippen LogP contribution in [0.2, 0.25) is 0 Å². The molecule has 0 spiro atoms. The molecule has 0 atom stereocenters. The number of aryl methyl sites for hydroxylation is 1. The molecule has 84 valence electrons. The molecule has 1 aromatic heterocycles. The monoisotopic (exact) mass is 213 g/mol. The standard InChI is InChI=1S/C15H19N/c1-2-3-4-5-6-13-7-8-14-9-10-16-12-15(14)11-13/h7-12H,2-6H2,1H3. The largest absolute Gasteiger partial charge is 0.264 e. The Labute approximate surface area is 97.5 Å². The van der Waals surface area contributed by atoms with Crippen molar-refractivity contribution in [2.45, 2.75) is 39.0 Å². The zero-order chi connectivity index (χ0) is 11.2. The van der Waals surface area contributed by atoms with Crippen molar-refractivity contribution in [1.29, 1.82) is 0 Å². The van der Waals surface area contributed by atoms with Crippen LogP contribution in [0.5, 0.6) is 0 Å². The van der Waals surface area contributed by atoms with E-state index in [0.29, 0.717) is 0 Å². The van der Waals surface area contributed by atoms with Crippen LogP contribution in [-0.4, -0.2) is 4.98 Å². The first-order valence-electron chi connectivity index (χ1n) is 6.23. The van der Waals surface area contributed by atoms with E-state index in [1.165, 1.54) is 48.4 Å². The highest BCUT2D eigenvalue weighted by Crippen LogP contribution is 2.16. The third kappa shape index (κ3) is 2.82. The Morgan fingerprint density at radius 2 is 1.94 bits per heavy atom. The van der Waals surface area contributed by atoms with Gasteiger partial charge >= 0.3 is 0 Å². The summed E-state index contributed by atoms with van der Waals surface area (Å²) in [5.74, 6) is 0. The van der Waals surface area contributed by atoms with Crippen LogP contribution in [0.15, 0.2) is 36.7 Å². The van der Waals surface area contributed by atoms with Crippen molar-refractivity contribution < 1.29 is 0 Å². The quantitative estimate of drug-likeness (QED) is 0.672. The average molecular weight is 213 g/mol. The summed E-state index contributed by atoms with van der Waals surface area (Å²) in [6, 6.07) is 8.78. The Kier molecular flexibility index (Phi) is 3.92. The fourth-order valence-corrected chi connectivity index (χ4v) is 2.05. The maximum absolute atomic E-state index is 4.16. The van der Waals surface area contributed by atoms with Crippen molar-refractivity contribution in [1.82, 2.24) is 4.98 Å². The van der Waals surface area contributed by atoms with Crippen LogP contribution in [0, 0.1) is 0 Å². The van der Waals surface area contributed by atoms with Crippen molar-refractivity contribution in [3.63, 3.8) is 0 Å². The van der Waals surface area contributed by atoms with Gasteiger partial charge < -0.3 is 0 Å². The first-order chi connectivity index (χ1) is 7.90. The number of rotatable bonds is 5. The van der Waals surface area contributed by atoms with Crippen molar-refractivity contribution in [3.05, 3.63) is 42.2 Å². The maximum Gasteiger partial charge on any atom is 0.0346 e. The fraction of sp³-hybridized carbons (Fsp3) is 0.400. The molecule has 1 heteroatoms. The number of fused-ring (bicyclic) bond motifs is 1. The van der Waals surface area contributed by atoms with Crippen molar-refractivity contribution in [2.75, 3.05) is 0 Å². The molecule has 0 aliphatic rings. The third-order valence-corrected chi connectivity index (χ3v) is 3.02. The molecule has 0 aliphatic heterocycles. The Bertz CT molecular complexity index is 448. The second kappa shape index (κ2) is 5.64. The summed E-state index contributed by atoms with van der Waals surface area (Å²) in [5.41, 5.74) is 1.44. The molecule has 1 aromatic carbocycles. The van der Waals surface area contributed by atoms with Crippen LogP contribution in [0.3, 0.4) is 0 Å². The fourth-order valence-electron chi connectivity index (χ4n) is 2.05. The summed E-state index contributed by atoms with van der Waals surface area (Å²) < 4.78 is 0. The number of aromatic nitrogens is 1. The van der Waals surface area contributed by atoms with E-state index in [1.54, 1.807) is 0 Å². The third-order valence-electron chi connectivity index (χ3n) is 3.02. The van der Waals surface area contributed by atoms with Gasteiger partial charge in [-0.3, -0.25) is 4.98 Å². The van der Waals surface area contributed by atoms with Crippen LogP contribution in [0.1, 0.15) is 38.2 Å². The predicted molar refractivity (Wildman–Crippen MR) is 69.6 cm³/mol. The molecule has 0 unspecified atom stereocenters. The van der Waals surface area contributed by atoms with E-state index in [-0.39, 0.29) is 0 Å². The molecule has 0 saturated carbocycles. The van der Waals surface area contributed by atoms with Crippen LogP contribution in [0.25, 0.3) is 10.8 Å². The molecule has 16 heavy (non-hydrogen) atoms. The normalized spacial score (nSPS) is 10.8. The smallest absolute Gasteiger partial charge is 0.0346 e. The zero-order valence-electron chi connectivity index (χ0n) is 9.95. The van der Waals surface area contributed by atoms with Gasteiger partial charge in [-0.25, -0.2) is 0 Å². The minimum Gasteiger partial charge on any atom is -0.264 e. The number of unbranched alkanes of at least 4 members (excludes halogenated alkanes) is 3. The molecule has 0 saturated heterocycles. The van der Waals surface area contributed by atoms with Gasteiger partial charge in [0.15, 0.2) is 0 Å². The highest BCUT2D eigenvalue weighted by molar-refractivity contribution is 5.81. The summed E-state index contributed by atoms with van der Waals surface area (Å²) >= 11 is 0. The van der Waals surface area contributed by atoms with Gasteiger partial charge in [-0.2, -0.15) is 0 Å². The molecule has 0 fully saturated rings. The first-order valence-corrected chi connectivity index (χ1v) is 6.23. The summed E-state index contributed by atoms with van der Waals surface area (Å²) in [5, 5.41) is 2.54. The summed E-state index contributed by atoms with van der Waals surface area (Å²) in [7, 11) is 0. The molecule has 1 nitrogen and oxygen atoms in total. The van der Waals surface area contributed by atoms with E-state index < -0.39 is 0 Å². The SMILES string of the molecule is CCCCCCc1ccc2ccncc2c1. The maximum atomic E-state index is 4.16. The number of hydrogen-bond donors (Lipinski definition) is 0. The Hall–Kier alpha value is -1.37. The Morgan fingerprint density at radius 1 is 1.00 bits per heavy atom. The number of nitrogens with zero attached hydrogens (tertiary/aromatic N) is 1. The highest BCUT2D eigenvalue weighted by atomic mass is 14.6. The topological polar surface area (TPSA) is 12.9 Å². The lowest BCUT2D eigenvalue weighted by molar-refractivity contribution is 0.667. The summed E-state index contributed by atoms with van der Waals surface area (Å²) in [4.78, 5) is 4.16. The molecule has 2 aromatic rings. The number of benzene rings is 1. The molecule has 1 heterocycles. The van der Waals surface area contributed by atoms with Gasteiger partial charge in [0.05, 0.1) is 0 Å². The van der Waals surface area contributed by atoms with Gasteiger partial charge in [-0.05, 0) is 35.9 Å². The van der Waals surface area contributed by atoms with Crippen LogP contribution < -0.4 is 0 Å². The molecular weight excluding hydrogens is 194 g/mol. The molecule has 0 N–H and O–H groups in total. The van der Waals surface area contributed by atoms with Crippen LogP contribution >= 0.6 is 0 Å². The Balaban J connectivity index is 2.02. The highest BCUT2D eigenvalue weighted by Gasteiger charge is 1.96. The molecule has 0 amide bonds. The molecule has 0 radical (unpaired) electrons. The summed E-state index contributed by atoms with van der Waals surface area (Å²) in [6.45, 7) is 2.25. The van der Waals surface area contributed by atoms with Gasteiger partial charge in [-0.1, -0.05) is 38.3 Å². The van der Waals surface area contributed by atoms with E-state index in [1.807, 2.05) is 12.4 Å². The van der Waals surface area contributed by atoms with Crippen molar-refractivity contribution >= 4 is 10.8 Å². The van der Waals surface area contributed by atoms with Crippen molar-refractivity contribution in [2.24, 2.45) is 0 Å². The molecular formula is C15H19N. The Morgan fingerprint density at radius 3 is 2.81 bits per heavy atom. The summed E-state index contributed by atoms with van der Waals surface area (Å²) in [6.07, 6.45) is 10.3. The minimum atomic E-state index is 1.20. The lowest BCUT2D eigenvalue weighted by Gasteiger charge is -2.03. The lowest BCUT2D eigenvalue weighted by atomic mass is 10.0.